The third kappa shape index (κ3) is 19.5. The minimum atomic E-state index is -4.86. The number of halogens is 5. The molecule has 3 rings (SSSR count). The van der Waals surface area contributed by atoms with Gasteiger partial charge in [-0.15, -0.1) is 0 Å². The zero-order valence-corrected chi connectivity index (χ0v) is 40.5. The van der Waals surface area contributed by atoms with Crippen LogP contribution in [0.15, 0.2) is 60.8 Å². The number of carbonyl (C=O) groups excluding carboxylic acids is 4. The number of benzene rings is 2. The summed E-state index contributed by atoms with van der Waals surface area (Å²) in [5.41, 5.74) is 6.61. The molecule has 1 heterocycles. The first-order chi connectivity index (χ1) is 30.0. The van der Waals surface area contributed by atoms with Gasteiger partial charge in [-0.2, -0.15) is 13.2 Å². The van der Waals surface area contributed by atoms with E-state index in [1.807, 2.05) is 75.3 Å². The van der Waals surface area contributed by atoms with Crippen molar-refractivity contribution in [2.45, 2.75) is 109 Å². The Labute approximate surface area is 379 Å². The van der Waals surface area contributed by atoms with Crippen molar-refractivity contribution in [3.63, 3.8) is 0 Å². The Balaban J connectivity index is 0.000000965. The van der Waals surface area contributed by atoms with Gasteiger partial charge in [-0.05, 0) is 53.8 Å². The van der Waals surface area contributed by atoms with Gasteiger partial charge in [0.05, 0.1) is 19.3 Å². The van der Waals surface area contributed by atoms with Crippen LogP contribution in [0.1, 0.15) is 44.5 Å². The summed E-state index contributed by atoms with van der Waals surface area (Å²) in [6.45, 7) is 16.7. The molecule has 3 atom stereocenters. The second kappa shape index (κ2) is 24.4. The van der Waals surface area contributed by atoms with E-state index in [-0.39, 0.29) is 31.7 Å². The monoisotopic (exact) mass is 957 g/mol. The van der Waals surface area contributed by atoms with Crippen LogP contribution < -0.4 is 16.4 Å². The van der Waals surface area contributed by atoms with E-state index in [0.29, 0.717) is 29.9 Å². The molecule has 21 heteroatoms. The zero-order chi connectivity index (χ0) is 49.5. The molecule has 0 aliphatic heterocycles. The molecule has 3 aromatic rings. The van der Waals surface area contributed by atoms with Crippen LogP contribution in [0, 0.1) is 17.0 Å². The number of hydrogen-bond acceptors (Lipinski definition) is 9. The predicted octanol–water partition coefficient (Wildman–Crippen LogP) is 7.17. The highest BCUT2D eigenvalue weighted by Gasteiger charge is 2.41. The van der Waals surface area contributed by atoms with Gasteiger partial charge in [-0.25, -0.2) is 23.2 Å². The molecule has 0 radical (unpaired) electrons. The standard InChI is InChI=1S/C37H51F2N5O7Si.C7H13F3O2Si/c1-37(2,3)33(31-18-25(27-19-26(38)12-13-28(27)39)22-43(31)21-24-10-8-7-9-11-24)44(32(46)23-45)15-14-29(34(47)41-30(20-40)35(48)49)42-36(50)51-16-17-52(4,5)6;1-13(2,3)5-4-12-6(11)7(8,9)10/h7-13,18-19,22,29-30,33,45H,14-17,20-21,23,40H2,1-6H3,(H,41,47)(H,42,50)(H,48,49);4-5H2,1-3H3/t29-,30+,33-;/m0./s1. The maximum atomic E-state index is 15.1. The predicted molar refractivity (Wildman–Crippen MR) is 241 cm³/mol. The van der Waals surface area contributed by atoms with Gasteiger partial charge in [-0.1, -0.05) is 90.4 Å². The Morgan fingerprint density at radius 2 is 1.43 bits per heavy atom. The van der Waals surface area contributed by atoms with Gasteiger partial charge >= 0.3 is 24.2 Å². The molecule has 14 nitrogen and oxygen atoms in total. The molecule has 2 aromatic carbocycles. The van der Waals surface area contributed by atoms with E-state index in [1.54, 1.807) is 12.3 Å². The number of carbonyl (C=O) groups is 5. The van der Waals surface area contributed by atoms with Crippen LogP contribution in [0.25, 0.3) is 11.1 Å². The van der Waals surface area contributed by atoms with E-state index in [2.05, 4.69) is 35.0 Å². The maximum Gasteiger partial charge on any atom is 0.490 e. The third-order valence-electron chi connectivity index (χ3n) is 9.75. The highest BCUT2D eigenvalue weighted by molar-refractivity contribution is 6.76. The lowest BCUT2D eigenvalue weighted by Gasteiger charge is -2.41. The molecule has 6 N–H and O–H groups in total. The largest absolute Gasteiger partial charge is 0.490 e. The van der Waals surface area contributed by atoms with Crippen LogP contribution >= 0.6 is 0 Å². The highest BCUT2D eigenvalue weighted by Crippen LogP contribution is 2.41. The topological polar surface area (TPSA) is 203 Å². The SMILES string of the molecule is CC(C)(C)[C@H](c1cc(-c2cc(F)ccc2F)cn1Cc1ccccc1)N(CC[C@H](NC(=O)OCC[Si](C)(C)C)C(=O)N[C@H](CN)C(=O)O)C(=O)CO.C[Si](C)(C)CCOC(=O)C(F)(F)F. The van der Waals surface area contributed by atoms with E-state index in [9.17, 15) is 51.7 Å². The molecular weight excluding hydrogens is 894 g/mol. The summed E-state index contributed by atoms with van der Waals surface area (Å²) in [6.07, 6.45) is -4.30. The average Bonchev–Trinajstić information content (AvgIpc) is 3.58. The van der Waals surface area contributed by atoms with Crippen LogP contribution in [0.2, 0.25) is 51.4 Å². The van der Waals surface area contributed by atoms with E-state index < -0.39 is 100 Å². The van der Waals surface area contributed by atoms with Crippen molar-refractivity contribution in [3.05, 3.63) is 83.7 Å². The van der Waals surface area contributed by atoms with Crippen LogP contribution in [-0.4, -0.2) is 117 Å². The van der Waals surface area contributed by atoms with Crippen molar-refractivity contribution in [2.75, 3.05) is 32.9 Å². The molecule has 0 saturated heterocycles. The Morgan fingerprint density at radius 3 is 1.94 bits per heavy atom. The summed E-state index contributed by atoms with van der Waals surface area (Å²) in [4.78, 5) is 63.2. The molecule has 0 unspecified atom stereocenters. The van der Waals surface area contributed by atoms with Crippen LogP contribution in [0.5, 0.6) is 0 Å². The number of rotatable bonds is 20. The molecule has 0 spiro atoms. The van der Waals surface area contributed by atoms with Crippen molar-refractivity contribution in [3.8, 4) is 11.1 Å². The highest BCUT2D eigenvalue weighted by atomic mass is 28.3. The van der Waals surface area contributed by atoms with Gasteiger partial charge in [0.15, 0.2) is 0 Å². The van der Waals surface area contributed by atoms with Crippen molar-refractivity contribution < 1.29 is 65.6 Å². The molecule has 65 heavy (non-hydrogen) atoms. The number of esters is 1. The number of nitrogens with one attached hydrogen (secondary N) is 2. The number of nitrogens with zero attached hydrogens (tertiary/aromatic N) is 2. The zero-order valence-electron chi connectivity index (χ0n) is 38.5. The lowest BCUT2D eigenvalue weighted by molar-refractivity contribution is -0.199. The third-order valence-corrected chi connectivity index (χ3v) is 13.2. The van der Waals surface area contributed by atoms with Crippen molar-refractivity contribution in [1.82, 2.24) is 20.1 Å². The van der Waals surface area contributed by atoms with E-state index in [0.717, 1.165) is 23.8 Å². The minimum Gasteiger partial charge on any atom is -0.480 e. The van der Waals surface area contributed by atoms with Crippen molar-refractivity contribution in [2.24, 2.45) is 11.1 Å². The molecule has 0 aliphatic carbocycles. The van der Waals surface area contributed by atoms with Gasteiger partial charge in [-0.3, -0.25) is 9.59 Å². The van der Waals surface area contributed by atoms with Crippen LogP contribution in [0.3, 0.4) is 0 Å². The number of hydrogen-bond donors (Lipinski definition) is 5. The number of amides is 3. The summed E-state index contributed by atoms with van der Waals surface area (Å²) >= 11 is 0. The summed E-state index contributed by atoms with van der Waals surface area (Å²) < 4.78 is 75.5. The molecule has 0 aliphatic rings. The molecule has 0 saturated carbocycles. The summed E-state index contributed by atoms with van der Waals surface area (Å²) in [6, 6.07) is 11.8. The Bertz CT molecular complexity index is 2050. The number of ether oxygens (including phenoxy) is 2. The van der Waals surface area contributed by atoms with E-state index >= 15 is 4.39 Å². The van der Waals surface area contributed by atoms with Gasteiger partial charge in [0.25, 0.3) is 0 Å². The van der Waals surface area contributed by atoms with E-state index in [4.69, 9.17) is 10.5 Å². The first kappa shape index (κ1) is 56.0. The van der Waals surface area contributed by atoms with E-state index in [1.165, 1.54) is 4.90 Å². The molecule has 3 amide bonds. The van der Waals surface area contributed by atoms with Crippen LogP contribution in [0.4, 0.5) is 26.7 Å². The second-order valence-corrected chi connectivity index (χ2v) is 30.2. The average molecular weight is 958 g/mol. The van der Waals surface area contributed by atoms with Gasteiger partial charge in [0, 0.05) is 58.8 Å². The number of aliphatic carboxylic acids is 1. The summed E-state index contributed by atoms with van der Waals surface area (Å²) in [7, 11) is -2.99. The number of aliphatic hydroxyl groups excluding tert-OH is 1. The molecule has 1 aromatic heterocycles. The Hall–Kier alpha value is -5.13. The number of alkyl carbamates (subject to hydrolysis) is 1. The van der Waals surface area contributed by atoms with Gasteiger partial charge < -0.3 is 45.5 Å². The van der Waals surface area contributed by atoms with Gasteiger partial charge in [0.2, 0.25) is 11.8 Å². The minimum absolute atomic E-state index is 0.0159. The number of nitrogens with two attached hydrogens (primary N) is 1. The first-order valence-corrected chi connectivity index (χ1v) is 28.4. The van der Waals surface area contributed by atoms with Crippen LogP contribution in [-0.2, 0) is 35.2 Å². The van der Waals surface area contributed by atoms with Crippen molar-refractivity contribution >= 4 is 46.0 Å². The van der Waals surface area contributed by atoms with Crippen molar-refractivity contribution in [1.29, 1.82) is 0 Å². The summed E-state index contributed by atoms with van der Waals surface area (Å²) in [5.74, 6) is -6.30. The fourth-order valence-electron chi connectivity index (χ4n) is 6.30. The number of carboxylic acids is 1. The Morgan fingerprint density at radius 1 is 0.846 bits per heavy atom. The number of aromatic nitrogens is 1. The fourth-order valence-corrected chi connectivity index (χ4v) is 7.73. The van der Waals surface area contributed by atoms with Gasteiger partial charge in [0.1, 0.15) is 30.3 Å². The molecule has 0 fully saturated rings. The summed E-state index contributed by atoms with van der Waals surface area (Å²) in [5, 5.41) is 24.5. The second-order valence-electron chi connectivity index (χ2n) is 18.9. The fraction of sp³-hybridized carbons (Fsp3) is 0.523. The maximum absolute atomic E-state index is 15.1. The molecule has 362 valence electrons. The number of carboxylic acid groups (broad SMARTS) is 1. The number of alkyl halides is 3. The quantitative estimate of drug-likeness (QED) is 0.0439. The normalized spacial score (nSPS) is 13.4. The lowest BCUT2D eigenvalue weighted by atomic mass is 9.82. The molecular formula is C44H64F5N5O9Si2. The lowest BCUT2D eigenvalue weighted by Crippen LogP contribution is -2.55. The smallest absolute Gasteiger partial charge is 0.480 e. The number of aliphatic hydroxyl groups is 1. The molecule has 0 bridgehead atoms. The Kier molecular flexibility index (Phi) is 21.0. The first-order valence-electron chi connectivity index (χ1n) is 21.0.